The van der Waals surface area contributed by atoms with Gasteiger partial charge in [-0.2, -0.15) is 0 Å². The molecule has 5 nitrogen and oxygen atoms in total. The van der Waals surface area contributed by atoms with E-state index < -0.39 is 0 Å². The Hall–Kier alpha value is -2.73. The van der Waals surface area contributed by atoms with Gasteiger partial charge in [-0.3, -0.25) is 14.9 Å². The molecule has 0 bridgehead atoms. The molecule has 2 N–H and O–H groups in total. The Morgan fingerprint density at radius 1 is 1.04 bits per heavy atom. The van der Waals surface area contributed by atoms with E-state index in [2.05, 4.69) is 15.6 Å². The monoisotopic (exact) mass is 325 g/mol. The number of carbonyl (C=O) groups is 2. The highest BCUT2D eigenvalue weighted by Gasteiger charge is 2.11. The van der Waals surface area contributed by atoms with Crippen molar-refractivity contribution < 1.29 is 9.59 Å². The quantitative estimate of drug-likeness (QED) is 0.769. The van der Waals surface area contributed by atoms with Crippen molar-refractivity contribution in [1.29, 1.82) is 0 Å². The topological polar surface area (TPSA) is 71.1 Å². The molecule has 3 rings (SSSR count). The number of fused-ring (bicyclic) bond motifs is 1. The summed E-state index contributed by atoms with van der Waals surface area (Å²) in [5.74, 6) is -0.372. The Morgan fingerprint density at radius 2 is 1.78 bits per heavy atom. The minimum Gasteiger partial charge on any atom is -0.326 e. The number of nitrogens with zero attached hydrogens (tertiary/aromatic N) is 1. The number of aromatic nitrogens is 1. The van der Waals surface area contributed by atoms with Crippen LogP contribution in [0.1, 0.15) is 22.8 Å². The second-order valence-electron chi connectivity index (χ2n) is 5.15. The van der Waals surface area contributed by atoms with Gasteiger partial charge in [0.2, 0.25) is 5.91 Å². The Kier molecular flexibility index (Phi) is 4.08. The Bertz CT molecular complexity index is 884. The van der Waals surface area contributed by atoms with Gasteiger partial charge in [0.15, 0.2) is 5.13 Å². The zero-order valence-electron chi connectivity index (χ0n) is 12.7. The number of hydrogen-bond acceptors (Lipinski definition) is 4. The fourth-order valence-electron chi connectivity index (χ4n) is 2.22. The number of hydrogen-bond donors (Lipinski definition) is 2. The van der Waals surface area contributed by atoms with E-state index in [-0.39, 0.29) is 11.8 Å². The molecule has 6 heteroatoms. The van der Waals surface area contributed by atoms with E-state index in [0.717, 1.165) is 15.8 Å². The number of nitrogens with one attached hydrogen (secondary N) is 2. The number of thiazole rings is 1. The maximum atomic E-state index is 12.3. The van der Waals surface area contributed by atoms with Crippen molar-refractivity contribution in [2.75, 3.05) is 10.6 Å². The van der Waals surface area contributed by atoms with Gasteiger partial charge in [0, 0.05) is 18.2 Å². The number of para-hydroxylation sites is 1. The predicted octanol–water partition coefficient (Wildman–Crippen LogP) is 3.82. The van der Waals surface area contributed by atoms with Gasteiger partial charge in [-0.25, -0.2) is 4.98 Å². The molecule has 1 aromatic heterocycles. The second-order valence-corrected chi connectivity index (χ2v) is 6.18. The fourth-order valence-corrected chi connectivity index (χ4v) is 3.16. The van der Waals surface area contributed by atoms with Gasteiger partial charge in [0.1, 0.15) is 0 Å². The van der Waals surface area contributed by atoms with Gasteiger partial charge in [-0.05, 0) is 42.8 Å². The standard InChI is InChI=1S/C17H15N3O2S/c1-10-4-3-5-14-15(10)19-17(23-14)20-16(22)12-6-8-13(9-7-12)18-11(2)21/h3-9H,1-2H3,(H,18,21)(H,19,20,22). The van der Waals surface area contributed by atoms with Crippen LogP contribution in [0.5, 0.6) is 0 Å². The molecular formula is C17H15N3O2S. The molecule has 23 heavy (non-hydrogen) atoms. The van der Waals surface area contributed by atoms with E-state index in [1.165, 1.54) is 18.3 Å². The smallest absolute Gasteiger partial charge is 0.257 e. The molecule has 0 saturated carbocycles. The minimum absolute atomic E-state index is 0.146. The third kappa shape index (κ3) is 3.37. The molecule has 2 amide bonds. The summed E-state index contributed by atoms with van der Waals surface area (Å²) < 4.78 is 1.04. The van der Waals surface area contributed by atoms with Gasteiger partial charge in [0.25, 0.3) is 5.91 Å². The molecule has 0 aliphatic rings. The van der Waals surface area contributed by atoms with Crippen molar-refractivity contribution in [2.24, 2.45) is 0 Å². The lowest BCUT2D eigenvalue weighted by Crippen LogP contribution is -2.12. The van der Waals surface area contributed by atoms with E-state index in [9.17, 15) is 9.59 Å². The van der Waals surface area contributed by atoms with Crippen LogP contribution in [0.15, 0.2) is 42.5 Å². The first kappa shape index (κ1) is 15.2. The average molecular weight is 325 g/mol. The Balaban J connectivity index is 1.77. The van der Waals surface area contributed by atoms with Gasteiger partial charge < -0.3 is 5.32 Å². The third-order valence-corrected chi connectivity index (χ3v) is 4.24. The molecule has 0 radical (unpaired) electrons. The van der Waals surface area contributed by atoms with E-state index in [1.54, 1.807) is 24.3 Å². The number of anilines is 2. The van der Waals surface area contributed by atoms with Gasteiger partial charge in [0.05, 0.1) is 10.2 Å². The highest BCUT2D eigenvalue weighted by molar-refractivity contribution is 7.22. The molecule has 0 aliphatic heterocycles. The van der Waals surface area contributed by atoms with Crippen molar-refractivity contribution in [1.82, 2.24) is 4.98 Å². The summed E-state index contributed by atoms with van der Waals surface area (Å²) in [6.45, 7) is 3.43. The first-order valence-corrected chi connectivity index (χ1v) is 7.90. The van der Waals surface area contributed by atoms with E-state index in [0.29, 0.717) is 16.4 Å². The zero-order valence-corrected chi connectivity index (χ0v) is 13.5. The lowest BCUT2D eigenvalue weighted by Gasteiger charge is -2.04. The second kappa shape index (κ2) is 6.18. The molecule has 2 aromatic carbocycles. The zero-order chi connectivity index (χ0) is 16.4. The van der Waals surface area contributed by atoms with Crippen LogP contribution in [0.2, 0.25) is 0 Å². The van der Waals surface area contributed by atoms with E-state index in [4.69, 9.17) is 0 Å². The summed E-state index contributed by atoms with van der Waals surface area (Å²) in [5.41, 5.74) is 3.16. The Labute approximate surface area is 137 Å². The molecule has 1 heterocycles. The van der Waals surface area contributed by atoms with E-state index in [1.807, 2.05) is 25.1 Å². The molecule has 0 fully saturated rings. The molecule has 0 aliphatic carbocycles. The van der Waals surface area contributed by atoms with Gasteiger partial charge in [-0.1, -0.05) is 23.5 Å². The van der Waals surface area contributed by atoms with Crippen LogP contribution in [0.4, 0.5) is 10.8 Å². The fraction of sp³-hybridized carbons (Fsp3) is 0.118. The summed E-state index contributed by atoms with van der Waals surface area (Å²) in [6.07, 6.45) is 0. The third-order valence-electron chi connectivity index (χ3n) is 3.31. The first-order valence-electron chi connectivity index (χ1n) is 7.08. The van der Waals surface area contributed by atoms with Crippen LogP contribution in [0.3, 0.4) is 0 Å². The molecule has 116 valence electrons. The van der Waals surface area contributed by atoms with Crippen LogP contribution in [0, 0.1) is 6.92 Å². The van der Waals surface area contributed by atoms with Crippen molar-refractivity contribution in [2.45, 2.75) is 13.8 Å². The van der Waals surface area contributed by atoms with Crippen molar-refractivity contribution in [3.8, 4) is 0 Å². The normalized spacial score (nSPS) is 10.5. The number of benzene rings is 2. The number of rotatable bonds is 3. The maximum Gasteiger partial charge on any atom is 0.257 e. The molecular weight excluding hydrogens is 310 g/mol. The van der Waals surface area contributed by atoms with Crippen molar-refractivity contribution in [3.63, 3.8) is 0 Å². The van der Waals surface area contributed by atoms with Gasteiger partial charge in [-0.15, -0.1) is 0 Å². The molecule has 3 aromatic rings. The highest BCUT2D eigenvalue weighted by atomic mass is 32.1. The minimum atomic E-state index is -0.226. The Morgan fingerprint density at radius 3 is 2.43 bits per heavy atom. The highest BCUT2D eigenvalue weighted by Crippen LogP contribution is 2.28. The maximum absolute atomic E-state index is 12.3. The van der Waals surface area contributed by atoms with Gasteiger partial charge >= 0.3 is 0 Å². The summed E-state index contributed by atoms with van der Waals surface area (Å²) >= 11 is 1.45. The van der Waals surface area contributed by atoms with Crippen LogP contribution in [-0.2, 0) is 4.79 Å². The molecule has 0 saturated heterocycles. The number of amides is 2. The summed E-state index contributed by atoms with van der Waals surface area (Å²) in [6, 6.07) is 12.7. The number of aryl methyl sites for hydroxylation is 1. The SMILES string of the molecule is CC(=O)Nc1ccc(C(=O)Nc2nc3c(C)cccc3s2)cc1. The summed E-state index contributed by atoms with van der Waals surface area (Å²) in [5, 5.41) is 6.05. The molecule has 0 unspecified atom stereocenters. The van der Waals surface area contributed by atoms with Crippen LogP contribution in [0.25, 0.3) is 10.2 Å². The number of carbonyl (C=O) groups excluding carboxylic acids is 2. The largest absolute Gasteiger partial charge is 0.326 e. The lowest BCUT2D eigenvalue weighted by molar-refractivity contribution is -0.114. The van der Waals surface area contributed by atoms with Crippen molar-refractivity contribution >= 4 is 44.2 Å². The van der Waals surface area contributed by atoms with Crippen LogP contribution < -0.4 is 10.6 Å². The van der Waals surface area contributed by atoms with Crippen LogP contribution >= 0.6 is 11.3 Å². The first-order chi connectivity index (χ1) is 11.0. The molecule has 0 atom stereocenters. The summed E-state index contributed by atoms with van der Waals surface area (Å²) in [4.78, 5) is 27.7. The summed E-state index contributed by atoms with van der Waals surface area (Å²) in [7, 11) is 0. The van der Waals surface area contributed by atoms with Crippen molar-refractivity contribution in [3.05, 3.63) is 53.6 Å². The lowest BCUT2D eigenvalue weighted by atomic mass is 10.2. The predicted molar refractivity (Wildman–Crippen MR) is 93.1 cm³/mol. The average Bonchev–Trinajstić information content (AvgIpc) is 2.91. The van der Waals surface area contributed by atoms with Crippen LogP contribution in [-0.4, -0.2) is 16.8 Å². The molecule has 0 spiro atoms. The van der Waals surface area contributed by atoms with E-state index >= 15 is 0 Å².